The number of hydrogen-bond donors (Lipinski definition) is 1. The van der Waals surface area contributed by atoms with Crippen LogP contribution < -0.4 is 5.73 Å². The Morgan fingerprint density at radius 2 is 2.31 bits per heavy atom. The van der Waals surface area contributed by atoms with Gasteiger partial charge in [-0.1, -0.05) is 0 Å². The molecule has 1 unspecified atom stereocenters. The van der Waals surface area contributed by atoms with Crippen LogP contribution in [0.15, 0.2) is 16.8 Å². The van der Waals surface area contributed by atoms with E-state index in [0.717, 1.165) is 19.6 Å². The van der Waals surface area contributed by atoms with Crippen LogP contribution in [-0.2, 0) is 11.3 Å². The van der Waals surface area contributed by atoms with Crippen LogP contribution in [0.4, 0.5) is 0 Å². The largest absolute Gasteiger partial charge is 0.385 e. The van der Waals surface area contributed by atoms with Crippen molar-refractivity contribution in [2.24, 2.45) is 5.73 Å². The molecule has 0 saturated heterocycles. The van der Waals surface area contributed by atoms with E-state index in [0.29, 0.717) is 6.54 Å². The molecule has 0 radical (unpaired) electrons. The Bertz CT molecular complexity index is 289. The molecule has 0 aliphatic rings. The fourth-order valence-electron chi connectivity index (χ4n) is 1.62. The standard InChI is InChI=1S/C12H22N2OS/c1-12(10-13,5-6-15-3)14(2)8-11-4-7-16-9-11/h4,7,9H,5-6,8,10,13H2,1-3H3. The van der Waals surface area contributed by atoms with E-state index in [9.17, 15) is 0 Å². The highest BCUT2D eigenvalue weighted by Gasteiger charge is 2.27. The van der Waals surface area contributed by atoms with Gasteiger partial charge in [-0.15, -0.1) is 0 Å². The lowest BCUT2D eigenvalue weighted by atomic mass is 9.96. The molecular weight excluding hydrogens is 220 g/mol. The van der Waals surface area contributed by atoms with E-state index >= 15 is 0 Å². The zero-order chi connectivity index (χ0) is 12.0. The highest BCUT2D eigenvalue weighted by molar-refractivity contribution is 7.07. The highest BCUT2D eigenvalue weighted by Crippen LogP contribution is 2.20. The second-order valence-corrected chi connectivity index (χ2v) is 5.21. The van der Waals surface area contributed by atoms with Crippen molar-refractivity contribution in [2.45, 2.75) is 25.4 Å². The third-order valence-electron chi connectivity index (χ3n) is 3.21. The first-order valence-electron chi connectivity index (χ1n) is 5.53. The number of nitrogens with two attached hydrogens (primary N) is 1. The normalized spacial score (nSPS) is 15.3. The molecule has 0 aliphatic carbocycles. The van der Waals surface area contributed by atoms with Crippen molar-refractivity contribution >= 4 is 11.3 Å². The van der Waals surface area contributed by atoms with Gasteiger partial charge < -0.3 is 10.5 Å². The SMILES string of the molecule is COCCC(C)(CN)N(C)Cc1ccsc1. The lowest BCUT2D eigenvalue weighted by Crippen LogP contribution is -2.49. The second-order valence-electron chi connectivity index (χ2n) is 4.43. The molecule has 0 fully saturated rings. The maximum absolute atomic E-state index is 5.88. The summed E-state index contributed by atoms with van der Waals surface area (Å²) in [5.74, 6) is 0. The number of nitrogens with zero attached hydrogens (tertiary/aromatic N) is 1. The molecule has 92 valence electrons. The molecule has 3 nitrogen and oxygen atoms in total. The molecule has 1 aromatic heterocycles. The molecule has 0 bridgehead atoms. The predicted molar refractivity (Wildman–Crippen MR) is 69.7 cm³/mol. The van der Waals surface area contributed by atoms with Gasteiger partial charge in [0.1, 0.15) is 0 Å². The first kappa shape index (κ1) is 13.6. The predicted octanol–water partition coefficient (Wildman–Crippen LogP) is 1.93. The zero-order valence-corrected chi connectivity index (χ0v) is 11.2. The lowest BCUT2D eigenvalue weighted by Gasteiger charge is -2.38. The van der Waals surface area contributed by atoms with Gasteiger partial charge in [-0.25, -0.2) is 0 Å². The van der Waals surface area contributed by atoms with Gasteiger partial charge in [-0.2, -0.15) is 11.3 Å². The van der Waals surface area contributed by atoms with Crippen molar-refractivity contribution in [2.75, 3.05) is 27.3 Å². The summed E-state index contributed by atoms with van der Waals surface area (Å²) in [6, 6.07) is 2.16. The summed E-state index contributed by atoms with van der Waals surface area (Å²) in [6.45, 7) is 4.54. The van der Waals surface area contributed by atoms with Gasteiger partial charge in [0.2, 0.25) is 0 Å². The molecule has 1 heterocycles. The molecule has 16 heavy (non-hydrogen) atoms. The van der Waals surface area contributed by atoms with E-state index in [4.69, 9.17) is 10.5 Å². The zero-order valence-electron chi connectivity index (χ0n) is 10.4. The van der Waals surface area contributed by atoms with Crippen LogP contribution >= 0.6 is 11.3 Å². The molecule has 1 rings (SSSR count). The van der Waals surface area contributed by atoms with E-state index in [1.165, 1.54) is 5.56 Å². The minimum absolute atomic E-state index is 0.0119. The van der Waals surface area contributed by atoms with Crippen LogP contribution in [-0.4, -0.2) is 37.7 Å². The Labute approximate surface area is 102 Å². The van der Waals surface area contributed by atoms with E-state index in [2.05, 4.69) is 35.7 Å². The van der Waals surface area contributed by atoms with Gasteiger partial charge in [-0.05, 0) is 42.8 Å². The molecule has 0 amide bonds. The number of thiophene rings is 1. The van der Waals surface area contributed by atoms with Gasteiger partial charge >= 0.3 is 0 Å². The van der Waals surface area contributed by atoms with Crippen molar-refractivity contribution in [1.29, 1.82) is 0 Å². The Hall–Kier alpha value is -0.420. The van der Waals surface area contributed by atoms with Gasteiger partial charge in [0, 0.05) is 32.3 Å². The van der Waals surface area contributed by atoms with Crippen molar-refractivity contribution in [1.82, 2.24) is 4.90 Å². The van der Waals surface area contributed by atoms with Gasteiger partial charge in [-0.3, -0.25) is 4.90 Å². The van der Waals surface area contributed by atoms with Crippen molar-refractivity contribution in [3.05, 3.63) is 22.4 Å². The molecule has 4 heteroatoms. The monoisotopic (exact) mass is 242 g/mol. The Morgan fingerprint density at radius 3 is 2.81 bits per heavy atom. The van der Waals surface area contributed by atoms with Crippen molar-refractivity contribution in [3.8, 4) is 0 Å². The Kier molecular flexibility index (Phi) is 5.41. The van der Waals surface area contributed by atoms with Crippen molar-refractivity contribution in [3.63, 3.8) is 0 Å². The summed E-state index contributed by atoms with van der Waals surface area (Å²) in [7, 11) is 3.86. The topological polar surface area (TPSA) is 38.5 Å². The summed E-state index contributed by atoms with van der Waals surface area (Å²) < 4.78 is 5.14. The Balaban J connectivity index is 2.57. The van der Waals surface area contributed by atoms with E-state index in [-0.39, 0.29) is 5.54 Å². The fourth-order valence-corrected chi connectivity index (χ4v) is 2.28. The van der Waals surface area contributed by atoms with Crippen molar-refractivity contribution < 1.29 is 4.74 Å². The van der Waals surface area contributed by atoms with Crippen LogP contribution in [0.2, 0.25) is 0 Å². The third kappa shape index (κ3) is 3.56. The molecule has 0 aromatic carbocycles. The number of hydrogen-bond acceptors (Lipinski definition) is 4. The minimum atomic E-state index is 0.0119. The van der Waals surface area contributed by atoms with E-state index in [1.807, 2.05) is 0 Å². The summed E-state index contributed by atoms with van der Waals surface area (Å²) in [4.78, 5) is 2.31. The molecule has 1 atom stereocenters. The summed E-state index contributed by atoms with van der Waals surface area (Å²) >= 11 is 1.74. The minimum Gasteiger partial charge on any atom is -0.385 e. The Morgan fingerprint density at radius 1 is 1.56 bits per heavy atom. The first-order chi connectivity index (χ1) is 7.62. The number of ether oxygens (including phenoxy) is 1. The van der Waals surface area contributed by atoms with Crippen LogP contribution in [0.3, 0.4) is 0 Å². The molecule has 0 spiro atoms. The van der Waals surface area contributed by atoms with Crippen LogP contribution in [0.25, 0.3) is 0 Å². The summed E-state index contributed by atoms with van der Waals surface area (Å²) in [6.07, 6.45) is 0.959. The van der Waals surface area contributed by atoms with Gasteiger partial charge in [0.25, 0.3) is 0 Å². The van der Waals surface area contributed by atoms with Gasteiger partial charge in [0.15, 0.2) is 0 Å². The molecule has 1 aromatic rings. The quantitative estimate of drug-likeness (QED) is 0.794. The number of methoxy groups -OCH3 is 1. The van der Waals surface area contributed by atoms with E-state index < -0.39 is 0 Å². The summed E-state index contributed by atoms with van der Waals surface area (Å²) in [5, 5.41) is 4.29. The van der Waals surface area contributed by atoms with Crippen LogP contribution in [0.1, 0.15) is 18.9 Å². The van der Waals surface area contributed by atoms with E-state index in [1.54, 1.807) is 18.4 Å². The number of rotatable bonds is 7. The summed E-state index contributed by atoms with van der Waals surface area (Å²) in [5.41, 5.74) is 7.25. The van der Waals surface area contributed by atoms with Crippen LogP contribution in [0.5, 0.6) is 0 Å². The van der Waals surface area contributed by atoms with Crippen LogP contribution in [0, 0.1) is 0 Å². The fraction of sp³-hybridized carbons (Fsp3) is 0.667. The second kappa shape index (κ2) is 6.35. The average molecular weight is 242 g/mol. The van der Waals surface area contributed by atoms with Gasteiger partial charge in [0.05, 0.1) is 0 Å². The third-order valence-corrected chi connectivity index (χ3v) is 3.94. The maximum atomic E-state index is 5.88. The molecule has 0 aliphatic heterocycles. The lowest BCUT2D eigenvalue weighted by molar-refractivity contribution is 0.0840. The molecule has 2 N–H and O–H groups in total. The molecule has 0 saturated carbocycles. The number of likely N-dealkylation sites (N-methyl/N-ethyl adjacent to an activating group) is 1. The average Bonchev–Trinajstić information content (AvgIpc) is 2.78. The first-order valence-corrected chi connectivity index (χ1v) is 6.48. The maximum Gasteiger partial charge on any atom is 0.0480 e. The molecular formula is C12H22N2OS. The highest BCUT2D eigenvalue weighted by atomic mass is 32.1. The smallest absolute Gasteiger partial charge is 0.0480 e.